The predicted octanol–water partition coefficient (Wildman–Crippen LogP) is 4.75. The Hall–Kier alpha value is -3.27. The molecule has 0 saturated carbocycles. The summed E-state index contributed by atoms with van der Waals surface area (Å²) in [5.74, 6) is -0.365. The summed E-state index contributed by atoms with van der Waals surface area (Å²) in [7, 11) is -1.19. The van der Waals surface area contributed by atoms with Crippen molar-refractivity contribution < 1.29 is 22.7 Å². The Morgan fingerprint density at radius 3 is 2.21 bits per heavy atom. The second-order valence-electron chi connectivity index (χ2n) is 8.36. The van der Waals surface area contributed by atoms with Crippen LogP contribution in [0.3, 0.4) is 0 Å². The topological polar surface area (TPSA) is 96.0 Å². The van der Waals surface area contributed by atoms with Crippen molar-refractivity contribution in [2.24, 2.45) is 0 Å². The summed E-state index contributed by atoms with van der Waals surface area (Å²) < 4.78 is 33.8. The SMILES string of the molecule is CC[C@@H](C(=O)NC)N(Cc1cccc(OC)c1)C(=O)CN(c1cc(Cl)cc(Cl)c1)S(=O)(=O)c1ccccc1. The molecule has 0 fully saturated rings. The van der Waals surface area contributed by atoms with Gasteiger partial charge in [0, 0.05) is 23.6 Å². The minimum absolute atomic E-state index is 0.0124. The lowest BCUT2D eigenvalue weighted by molar-refractivity contribution is -0.140. The van der Waals surface area contributed by atoms with Gasteiger partial charge in [-0.05, 0) is 54.4 Å². The van der Waals surface area contributed by atoms with Crippen LogP contribution in [0.1, 0.15) is 18.9 Å². The van der Waals surface area contributed by atoms with Gasteiger partial charge in [0.15, 0.2) is 0 Å². The molecule has 11 heteroatoms. The average Bonchev–Trinajstić information content (AvgIpc) is 2.91. The zero-order chi connectivity index (χ0) is 27.9. The highest BCUT2D eigenvalue weighted by molar-refractivity contribution is 7.92. The third-order valence-electron chi connectivity index (χ3n) is 5.86. The number of hydrogen-bond donors (Lipinski definition) is 1. The van der Waals surface area contributed by atoms with Crippen molar-refractivity contribution in [1.82, 2.24) is 10.2 Å². The first-order valence-electron chi connectivity index (χ1n) is 11.8. The first kappa shape index (κ1) is 29.3. The number of halogens is 2. The molecule has 3 aromatic rings. The Morgan fingerprint density at radius 1 is 0.974 bits per heavy atom. The van der Waals surface area contributed by atoms with Crippen molar-refractivity contribution in [3.05, 3.63) is 88.4 Å². The van der Waals surface area contributed by atoms with Crippen LogP contribution >= 0.6 is 23.2 Å². The molecule has 0 radical (unpaired) electrons. The molecular weight excluding hydrogens is 549 g/mol. The lowest BCUT2D eigenvalue weighted by Gasteiger charge is -2.33. The number of ether oxygens (including phenoxy) is 1. The lowest BCUT2D eigenvalue weighted by atomic mass is 10.1. The molecule has 0 bridgehead atoms. The van der Waals surface area contributed by atoms with Crippen molar-refractivity contribution in [2.45, 2.75) is 30.8 Å². The minimum atomic E-state index is -4.21. The predicted molar refractivity (Wildman–Crippen MR) is 149 cm³/mol. The molecule has 38 heavy (non-hydrogen) atoms. The van der Waals surface area contributed by atoms with E-state index >= 15 is 0 Å². The Kier molecular flexibility index (Phi) is 10.0. The Labute approximate surface area is 233 Å². The number of carbonyl (C=O) groups excluding carboxylic acids is 2. The van der Waals surface area contributed by atoms with Crippen LogP contribution in [0.5, 0.6) is 5.75 Å². The van der Waals surface area contributed by atoms with Gasteiger partial charge in [-0.3, -0.25) is 13.9 Å². The maximum absolute atomic E-state index is 13.9. The van der Waals surface area contributed by atoms with Crippen molar-refractivity contribution in [3.63, 3.8) is 0 Å². The minimum Gasteiger partial charge on any atom is -0.497 e. The van der Waals surface area contributed by atoms with Crippen LogP contribution in [-0.2, 0) is 26.2 Å². The molecular formula is C27H29Cl2N3O5S. The van der Waals surface area contributed by atoms with Gasteiger partial charge in [0.1, 0.15) is 18.3 Å². The molecule has 1 atom stereocenters. The van der Waals surface area contributed by atoms with E-state index in [1.165, 1.54) is 49.4 Å². The number of sulfonamides is 1. The Morgan fingerprint density at radius 2 is 1.63 bits per heavy atom. The maximum atomic E-state index is 13.9. The number of carbonyl (C=O) groups is 2. The fourth-order valence-corrected chi connectivity index (χ4v) is 5.92. The molecule has 2 amide bonds. The van der Waals surface area contributed by atoms with Gasteiger partial charge >= 0.3 is 0 Å². The number of rotatable bonds is 11. The van der Waals surface area contributed by atoms with Crippen LogP contribution in [0.25, 0.3) is 0 Å². The van der Waals surface area contributed by atoms with Gasteiger partial charge in [-0.15, -0.1) is 0 Å². The van der Waals surface area contributed by atoms with Gasteiger partial charge in [-0.1, -0.05) is 60.5 Å². The maximum Gasteiger partial charge on any atom is 0.264 e. The standard InChI is InChI=1S/C27H29Cl2N3O5S/c1-4-25(27(34)30-2)31(17-19-9-8-10-23(13-19)37-3)26(33)18-32(22-15-20(28)14-21(29)16-22)38(35,36)24-11-6-5-7-12-24/h5-16,25H,4,17-18H2,1-3H3,(H,30,34)/t25-/m0/s1. The van der Waals surface area contributed by atoms with Gasteiger partial charge in [-0.25, -0.2) is 8.42 Å². The van der Waals surface area contributed by atoms with E-state index in [9.17, 15) is 18.0 Å². The second kappa shape index (κ2) is 13.0. The summed E-state index contributed by atoms with van der Waals surface area (Å²) in [5.41, 5.74) is 0.831. The highest BCUT2D eigenvalue weighted by Gasteiger charge is 2.33. The number of benzene rings is 3. The van der Waals surface area contributed by atoms with E-state index in [0.717, 1.165) is 4.31 Å². The van der Waals surface area contributed by atoms with Crippen LogP contribution in [0.4, 0.5) is 5.69 Å². The highest BCUT2D eigenvalue weighted by Crippen LogP contribution is 2.30. The van der Waals surface area contributed by atoms with Crippen molar-refractivity contribution in [3.8, 4) is 5.75 Å². The molecule has 3 aromatic carbocycles. The Balaban J connectivity index is 2.08. The Bertz CT molecular complexity index is 1370. The third kappa shape index (κ3) is 6.98. The lowest BCUT2D eigenvalue weighted by Crippen LogP contribution is -2.51. The number of nitrogens with zero attached hydrogens (tertiary/aromatic N) is 2. The fourth-order valence-electron chi connectivity index (χ4n) is 3.99. The van der Waals surface area contributed by atoms with Crippen LogP contribution < -0.4 is 14.4 Å². The normalized spacial score (nSPS) is 11.9. The molecule has 0 heterocycles. The van der Waals surface area contributed by atoms with E-state index in [1.54, 1.807) is 49.4 Å². The average molecular weight is 579 g/mol. The third-order valence-corrected chi connectivity index (χ3v) is 8.09. The number of nitrogens with one attached hydrogen (secondary N) is 1. The van der Waals surface area contributed by atoms with E-state index in [4.69, 9.17) is 27.9 Å². The molecule has 8 nitrogen and oxygen atoms in total. The van der Waals surface area contributed by atoms with E-state index < -0.39 is 28.5 Å². The second-order valence-corrected chi connectivity index (χ2v) is 11.1. The first-order chi connectivity index (χ1) is 18.1. The number of methoxy groups -OCH3 is 1. The van der Waals surface area contributed by atoms with Gasteiger partial charge in [0.05, 0.1) is 17.7 Å². The van der Waals surface area contributed by atoms with E-state index in [1.807, 2.05) is 0 Å². The molecule has 202 valence electrons. The highest BCUT2D eigenvalue weighted by atomic mass is 35.5. The number of likely N-dealkylation sites (N-methyl/N-ethyl adjacent to an activating group) is 1. The summed E-state index contributed by atoms with van der Waals surface area (Å²) in [6.45, 7) is 1.24. The molecule has 0 aliphatic carbocycles. The quantitative estimate of drug-likeness (QED) is 0.354. The summed E-state index contributed by atoms with van der Waals surface area (Å²) >= 11 is 12.4. The molecule has 0 unspecified atom stereocenters. The molecule has 0 saturated heterocycles. The summed E-state index contributed by atoms with van der Waals surface area (Å²) in [6.07, 6.45) is 0.309. The van der Waals surface area contributed by atoms with Crippen LogP contribution in [0.15, 0.2) is 77.7 Å². The smallest absolute Gasteiger partial charge is 0.264 e. The van der Waals surface area contributed by atoms with Crippen molar-refractivity contribution in [2.75, 3.05) is 25.0 Å². The van der Waals surface area contributed by atoms with Gasteiger partial charge < -0.3 is 15.0 Å². The molecule has 3 rings (SSSR count). The molecule has 0 spiro atoms. The van der Waals surface area contributed by atoms with Gasteiger partial charge in [0.2, 0.25) is 11.8 Å². The molecule has 0 aliphatic heterocycles. The van der Waals surface area contributed by atoms with Crippen LogP contribution in [0, 0.1) is 0 Å². The molecule has 0 aromatic heterocycles. The summed E-state index contributed by atoms with van der Waals surface area (Å²) in [6, 6.07) is 18.3. The number of amides is 2. The molecule has 0 aliphatic rings. The number of anilines is 1. The molecule has 1 N–H and O–H groups in total. The summed E-state index contributed by atoms with van der Waals surface area (Å²) in [5, 5.41) is 3.00. The fraction of sp³-hybridized carbons (Fsp3) is 0.259. The number of hydrogen-bond acceptors (Lipinski definition) is 5. The van der Waals surface area contributed by atoms with Gasteiger partial charge in [-0.2, -0.15) is 0 Å². The zero-order valence-corrected chi connectivity index (χ0v) is 23.6. The van der Waals surface area contributed by atoms with Crippen LogP contribution in [-0.4, -0.2) is 51.9 Å². The summed E-state index contributed by atoms with van der Waals surface area (Å²) in [4.78, 5) is 28.0. The zero-order valence-electron chi connectivity index (χ0n) is 21.2. The monoisotopic (exact) mass is 577 g/mol. The first-order valence-corrected chi connectivity index (χ1v) is 14.0. The van der Waals surface area contributed by atoms with E-state index in [2.05, 4.69) is 5.32 Å². The van der Waals surface area contributed by atoms with E-state index in [-0.39, 0.29) is 33.1 Å². The van der Waals surface area contributed by atoms with Crippen molar-refractivity contribution in [1.29, 1.82) is 0 Å². The van der Waals surface area contributed by atoms with Gasteiger partial charge in [0.25, 0.3) is 10.0 Å². The van der Waals surface area contributed by atoms with Crippen molar-refractivity contribution >= 4 is 50.7 Å². The largest absolute Gasteiger partial charge is 0.497 e. The van der Waals surface area contributed by atoms with Crippen LogP contribution in [0.2, 0.25) is 10.0 Å². The van der Waals surface area contributed by atoms with E-state index in [0.29, 0.717) is 17.7 Å².